The summed E-state index contributed by atoms with van der Waals surface area (Å²) in [6.45, 7) is 15.6. The van der Waals surface area contributed by atoms with Gasteiger partial charge in [-0.1, -0.05) is 81.1 Å². The van der Waals surface area contributed by atoms with Crippen LogP contribution < -0.4 is 22.1 Å². The van der Waals surface area contributed by atoms with Gasteiger partial charge in [0.25, 0.3) is 5.91 Å². The number of fused-ring (bicyclic) bond motifs is 6. The summed E-state index contributed by atoms with van der Waals surface area (Å²) in [5.74, 6) is 5.20. The number of nitrogens with zero attached hydrogens (tertiary/aromatic N) is 1. The van der Waals surface area contributed by atoms with Crippen LogP contribution in [-0.4, -0.2) is 82.7 Å². The van der Waals surface area contributed by atoms with E-state index >= 15 is 0 Å². The zero-order chi connectivity index (χ0) is 43.4. The fourth-order valence-electron chi connectivity index (χ4n) is 11.7. The van der Waals surface area contributed by atoms with Crippen molar-refractivity contribution in [3.8, 4) is 12.3 Å². The summed E-state index contributed by atoms with van der Waals surface area (Å²) in [7, 11) is 1.76. The first-order valence-electron chi connectivity index (χ1n) is 22.3. The summed E-state index contributed by atoms with van der Waals surface area (Å²) >= 11 is 1.78. The van der Waals surface area contributed by atoms with E-state index in [-0.39, 0.29) is 71.2 Å². The van der Waals surface area contributed by atoms with E-state index in [1.54, 1.807) is 23.7 Å². The molecule has 11 nitrogen and oxygen atoms in total. The Morgan fingerprint density at radius 2 is 1.68 bits per heavy atom. The molecular weight excluding hydrogens is 763 g/mol. The molecule has 6 rings (SSSR count). The molecule has 5 fully saturated rings. The normalized spacial score (nSPS) is 34.6. The summed E-state index contributed by atoms with van der Waals surface area (Å²) in [4.78, 5) is 47.3. The van der Waals surface area contributed by atoms with E-state index in [4.69, 9.17) is 17.0 Å². The molecule has 3 amide bonds. The third-order valence-corrected chi connectivity index (χ3v) is 16.4. The monoisotopic (exact) mass is 846 g/mol. The number of nitrogens with two attached hydrogens (primary N) is 2. The molecule has 0 aromatic heterocycles. The number of thioether (sulfide) groups is 1. The van der Waals surface area contributed by atoms with Gasteiger partial charge in [-0.15, -0.1) is 24.1 Å². The molecular formula is C47H83N5O6S. The molecule has 6 aliphatic rings. The van der Waals surface area contributed by atoms with Crippen molar-refractivity contribution in [2.24, 2.45) is 63.2 Å². The highest BCUT2D eigenvalue weighted by molar-refractivity contribution is 8.00. The first kappa shape index (κ1) is 52.7. The molecule has 12 heteroatoms. The molecule has 8 N–H and O–H groups in total. The number of hydrogen-bond acceptors (Lipinski definition) is 9. The van der Waals surface area contributed by atoms with E-state index < -0.39 is 12.2 Å². The van der Waals surface area contributed by atoms with Crippen molar-refractivity contribution in [2.45, 2.75) is 176 Å². The molecule has 59 heavy (non-hydrogen) atoms. The zero-order valence-electron chi connectivity index (χ0n) is 37.1. The van der Waals surface area contributed by atoms with Gasteiger partial charge in [-0.3, -0.25) is 24.6 Å². The van der Waals surface area contributed by atoms with Crippen molar-refractivity contribution in [3.63, 3.8) is 0 Å². The van der Waals surface area contributed by atoms with Gasteiger partial charge in [0.15, 0.2) is 0 Å². The highest BCUT2D eigenvalue weighted by Crippen LogP contribution is 2.68. The van der Waals surface area contributed by atoms with E-state index in [1.165, 1.54) is 44.9 Å². The molecule has 4 saturated carbocycles. The second-order valence-electron chi connectivity index (χ2n) is 19.0. The van der Waals surface area contributed by atoms with Crippen LogP contribution in [-0.2, 0) is 19.2 Å². The Bertz CT molecular complexity index is 1450. The number of nitrogens with one attached hydrogen (secondary N) is 2. The van der Waals surface area contributed by atoms with Gasteiger partial charge < -0.3 is 31.8 Å². The SMILES string of the molecule is C.C#CCC(NC)NC(=O)C1=C(C)CSC2C(CCCC3CCC4C5C(O)C(O)C6CCCCC6(C)C5CCC34C)C(=O)N12.CCCCC(C)(C)C=O.CCN.NC=O. The maximum absolute atomic E-state index is 13.4. The average molecular weight is 846 g/mol. The van der Waals surface area contributed by atoms with Crippen molar-refractivity contribution in [2.75, 3.05) is 19.3 Å². The van der Waals surface area contributed by atoms with Crippen molar-refractivity contribution >= 4 is 36.3 Å². The lowest BCUT2D eigenvalue weighted by atomic mass is 9.43. The van der Waals surface area contributed by atoms with Crippen LogP contribution in [0.15, 0.2) is 11.3 Å². The fourth-order valence-corrected chi connectivity index (χ4v) is 13.1. The smallest absolute Gasteiger partial charge is 0.269 e. The molecule has 2 aliphatic heterocycles. The van der Waals surface area contributed by atoms with Crippen LogP contribution in [0.5, 0.6) is 0 Å². The minimum atomic E-state index is -0.593. The van der Waals surface area contributed by atoms with Crippen LogP contribution in [0.4, 0.5) is 0 Å². The largest absolute Gasteiger partial charge is 0.390 e. The first-order valence-corrected chi connectivity index (χ1v) is 23.3. The zero-order valence-corrected chi connectivity index (χ0v) is 37.9. The number of aliphatic hydroxyl groups excluding tert-OH is 2. The number of primary amides is 1. The summed E-state index contributed by atoms with van der Waals surface area (Å²) in [6.07, 6.45) is 21.4. The number of amides is 3. The highest BCUT2D eigenvalue weighted by atomic mass is 32.2. The molecule has 4 aliphatic carbocycles. The third-order valence-electron chi connectivity index (χ3n) is 14.9. The van der Waals surface area contributed by atoms with Gasteiger partial charge in [-0.2, -0.15) is 0 Å². The summed E-state index contributed by atoms with van der Waals surface area (Å²) < 4.78 is 0. The number of β-lactam (4-membered cyclic amide) rings is 1. The molecule has 2 heterocycles. The van der Waals surface area contributed by atoms with Crippen LogP contribution >= 0.6 is 11.8 Å². The Labute approximate surface area is 362 Å². The average Bonchev–Trinajstić information content (AvgIpc) is 3.53. The van der Waals surface area contributed by atoms with Crippen molar-refractivity contribution < 1.29 is 29.4 Å². The quantitative estimate of drug-likeness (QED) is 0.0535. The standard InChI is InChI=1S/C35H53N3O4S.C8H16O.C2H7N.CH3NO.CH4/c1-6-10-26(36-5)37-31(41)28-20(2)19-43-33-22(32(42)38(28)33)12-9-11-21-14-15-23-27-24(16-18-34(21,23)3)35(4)17-8-7-13-25(35)29(39)30(27)40;1-4-5-6-8(2,3)7-9;1-2-3;2-1-3;/h1,21-27,29-30,33,36,39-40H,7-19H2,2-5H3,(H,37,41);7H,4-6H2,1-3H3;2-3H2,1H3;1H,(H2,2,3);1H4. The van der Waals surface area contributed by atoms with Gasteiger partial charge in [0, 0.05) is 17.6 Å². The molecule has 0 spiro atoms. The lowest BCUT2D eigenvalue weighted by molar-refractivity contribution is -0.214. The van der Waals surface area contributed by atoms with Gasteiger partial charge >= 0.3 is 0 Å². The highest BCUT2D eigenvalue weighted by Gasteiger charge is 2.64. The predicted molar refractivity (Wildman–Crippen MR) is 241 cm³/mol. The van der Waals surface area contributed by atoms with Gasteiger partial charge in [0.2, 0.25) is 12.3 Å². The fraction of sp³-hybridized carbons (Fsp3) is 0.830. The number of terminal acetylenes is 1. The molecule has 1 saturated heterocycles. The number of hydrogen-bond donors (Lipinski definition) is 6. The first-order chi connectivity index (χ1) is 27.5. The minimum Gasteiger partial charge on any atom is -0.390 e. The molecule has 0 radical (unpaired) electrons. The van der Waals surface area contributed by atoms with Gasteiger partial charge in [-0.25, -0.2) is 0 Å². The molecule has 0 aromatic carbocycles. The summed E-state index contributed by atoms with van der Waals surface area (Å²) in [6, 6.07) is 0. The van der Waals surface area contributed by atoms with E-state index in [0.29, 0.717) is 29.9 Å². The van der Waals surface area contributed by atoms with Gasteiger partial charge in [0.1, 0.15) is 12.0 Å². The van der Waals surface area contributed by atoms with E-state index in [2.05, 4.69) is 43.1 Å². The Hall–Kier alpha value is -2.43. The summed E-state index contributed by atoms with van der Waals surface area (Å²) in [5, 5.41) is 28.9. The molecule has 338 valence electrons. The minimum absolute atomic E-state index is 0. The van der Waals surface area contributed by atoms with Crippen LogP contribution in [0.2, 0.25) is 0 Å². The third kappa shape index (κ3) is 11.7. The topological polar surface area (TPSA) is 188 Å². The van der Waals surface area contributed by atoms with Gasteiger partial charge in [0.05, 0.1) is 29.7 Å². The second-order valence-corrected chi connectivity index (χ2v) is 20.1. The van der Waals surface area contributed by atoms with Crippen molar-refractivity contribution in [1.82, 2.24) is 15.5 Å². The number of unbranched alkanes of at least 4 members (excludes halogenated alkanes) is 1. The van der Waals surface area contributed by atoms with Crippen molar-refractivity contribution in [1.29, 1.82) is 0 Å². The number of rotatable bonds is 12. The van der Waals surface area contributed by atoms with E-state index in [1.807, 2.05) is 27.7 Å². The van der Waals surface area contributed by atoms with E-state index in [0.717, 1.165) is 69.1 Å². The van der Waals surface area contributed by atoms with E-state index in [9.17, 15) is 24.6 Å². The van der Waals surface area contributed by atoms with Crippen molar-refractivity contribution in [3.05, 3.63) is 11.3 Å². The number of aliphatic hydroxyl groups is 2. The molecule has 12 unspecified atom stereocenters. The lowest BCUT2D eigenvalue weighted by Crippen LogP contribution is -2.63. The van der Waals surface area contributed by atoms with Crippen LogP contribution in [0, 0.1) is 64.1 Å². The Balaban J connectivity index is 0.000000646. The molecule has 0 bridgehead atoms. The number of carbonyl (C=O) groups excluding carboxylic acids is 4. The Morgan fingerprint density at radius 3 is 2.27 bits per heavy atom. The Kier molecular flexibility index (Phi) is 21.2. The number of carbonyl (C=O) groups is 4. The maximum Gasteiger partial charge on any atom is 0.269 e. The maximum atomic E-state index is 13.4. The lowest BCUT2D eigenvalue weighted by Gasteiger charge is -2.63. The predicted octanol–water partition coefficient (Wildman–Crippen LogP) is 6.74. The number of aldehydes is 1. The molecule has 12 atom stereocenters. The second kappa shape index (κ2) is 23.7. The Morgan fingerprint density at radius 1 is 1.03 bits per heavy atom. The van der Waals surface area contributed by atoms with Crippen LogP contribution in [0.1, 0.15) is 152 Å². The van der Waals surface area contributed by atoms with Gasteiger partial charge in [-0.05, 0) is 124 Å². The van der Waals surface area contributed by atoms with Crippen LogP contribution in [0.3, 0.4) is 0 Å². The summed E-state index contributed by atoms with van der Waals surface area (Å²) in [5.41, 5.74) is 10.7. The van der Waals surface area contributed by atoms with Crippen LogP contribution in [0.25, 0.3) is 0 Å². The molecule has 0 aromatic rings.